The molecule has 0 radical (unpaired) electrons. The predicted molar refractivity (Wildman–Crippen MR) is 68.3 cm³/mol. The van der Waals surface area contributed by atoms with Crippen molar-refractivity contribution >= 4 is 11.8 Å². The smallest absolute Gasteiger partial charge is 0.359 e. The summed E-state index contributed by atoms with van der Waals surface area (Å²) in [5.41, 5.74) is 6.52. The second-order valence-electron chi connectivity index (χ2n) is 4.95. The summed E-state index contributed by atoms with van der Waals surface area (Å²) in [6.45, 7) is 8.16. The lowest BCUT2D eigenvalue weighted by Gasteiger charge is -2.20. The minimum absolute atomic E-state index is 0.228. The Balaban J connectivity index is 3.28. The highest BCUT2D eigenvalue weighted by Crippen LogP contribution is 2.25. The number of hydrogen-bond donors (Lipinski definition) is 1. The Morgan fingerprint density at radius 1 is 1.44 bits per heavy atom. The number of hydrogen-bond acceptors (Lipinski definition) is 5. The highest BCUT2D eigenvalue weighted by Gasteiger charge is 2.27. The number of carbonyl (C=O) groups excluding carboxylic acids is 1. The third kappa shape index (κ3) is 2.81. The molecule has 0 spiro atoms. The van der Waals surface area contributed by atoms with Crippen molar-refractivity contribution in [2.24, 2.45) is 0 Å². The molecule has 102 valence electrons. The second-order valence-corrected chi connectivity index (χ2v) is 4.95. The van der Waals surface area contributed by atoms with Crippen molar-refractivity contribution < 1.29 is 14.3 Å². The number of nitrogens with two attached hydrogens (primary N) is 1. The van der Waals surface area contributed by atoms with Gasteiger partial charge in [0.05, 0.1) is 24.3 Å². The van der Waals surface area contributed by atoms with Crippen LogP contribution in [0.5, 0.6) is 0 Å². The molecule has 1 rings (SSSR count). The van der Waals surface area contributed by atoms with Crippen LogP contribution >= 0.6 is 0 Å². The highest BCUT2D eigenvalue weighted by atomic mass is 16.5. The minimum Gasteiger partial charge on any atom is -0.461 e. The third-order valence-corrected chi connectivity index (χ3v) is 2.42. The number of methoxy groups -OCH3 is 1. The van der Waals surface area contributed by atoms with Gasteiger partial charge in [0.1, 0.15) is 5.82 Å². The van der Waals surface area contributed by atoms with Gasteiger partial charge in [0.25, 0.3) is 0 Å². The fourth-order valence-corrected chi connectivity index (χ4v) is 1.62. The minimum atomic E-state index is -0.473. The molecule has 0 unspecified atom stereocenters. The fourth-order valence-electron chi connectivity index (χ4n) is 1.62. The number of carbonyl (C=O) groups is 1. The molecule has 0 aromatic carbocycles. The first kappa shape index (κ1) is 14.5. The van der Waals surface area contributed by atoms with Crippen LogP contribution in [-0.4, -0.2) is 29.5 Å². The number of nitrogens with zero attached hydrogens (tertiary/aromatic N) is 2. The van der Waals surface area contributed by atoms with Gasteiger partial charge in [0.15, 0.2) is 5.69 Å². The van der Waals surface area contributed by atoms with E-state index in [2.05, 4.69) is 5.10 Å². The zero-order chi connectivity index (χ0) is 13.9. The van der Waals surface area contributed by atoms with Crippen molar-refractivity contribution in [3.8, 4) is 0 Å². The highest BCUT2D eigenvalue weighted by molar-refractivity contribution is 5.90. The molecular weight excluding hydrogens is 234 g/mol. The van der Waals surface area contributed by atoms with Crippen molar-refractivity contribution in [1.29, 1.82) is 0 Å². The number of nitrogen functional groups attached to an aromatic ring is 1. The van der Waals surface area contributed by atoms with Gasteiger partial charge in [-0.3, -0.25) is 0 Å². The number of ether oxygens (including phenoxy) is 2. The monoisotopic (exact) mass is 255 g/mol. The molecule has 6 nitrogen and oxygen atoms in total. The lowest BCUT2D eigenvalue weighted by Crippen LogP contribution is -2.25. The predicted octanol–water partition coefficient (Wildman–Crippen LogP) is 1.54. The molecular formula is C12H21N3O3. The molecule has 0 atom stereocenters. The molecule has 6 heteroatoms. The van der Waals surface area contributed by atoms with Crippen LogP contribution in [0.4, 0.5) is 5.82 Å². The van der Waals surface area contributed by atoms with E-state index < -0.39 is 5.97 Å². The van der Waals surface area contributed by atoms with E-state index in [0.29, 0.717) is 18.0 Å². The second kappa shape index (κ2) is 5.39. The van der Waals surface area contributed by atoms with Crippen LogP contribution in [0.25, 0.3) is 0 Å². The largest absolute Gasteiger partial charge is 0.461 e. The molecule has 0 aliphatic heterocycles. The first-order chi connectivity index (χ1) is 8.32. The van der Waals surface area contributed by atoms with Crippen LogP contribution in [0.3, 0.4) is 0 Å². The van der Waals surface area contributed by atoms with Crippen LogP contribution in [0.1, 0.15) is 43.7 Å². The standard InChI is InChI=1S/C12H21N3O3/c1-6-18-11(16)9-8(7-17-5)10(13)15(14-9)12(2,3)4/h6-7,13H2,1-5H3. The molecule has 18 heavy (non-hydrogen) atoms. The molecule has 0 saturated carbocycles. The number of anilines is 1. The first-order valence-electron chi connectivity index (χ1n) is 5.86. The van der Waals surface area contributed by atoms with Gasteiger partial charge < -0.3 is 15.2 Å². The van der Waals surface area contributed by atoms with Crippen LogP contribution in [0.2, 0.25) is 0 Å². The molecule has 1 aromatic heterocycles. The Kier molecular flexibility index (Phi) is 4.34. The lowest BCUT2D eigenvalue weighted by molar-refractivity contribution is 0.0513. The molecule has 1 heterocycles. The normalized spacial score (nSPS) is 11.6. The van der Waals surface area contributed by atoms with Crippen LogP contribution in [0, 0.1) is 0 Å². The maximum Gasteiger partial charge on any atom is 0.359 e. The summed E-state index contributed by atoms with van der Waals surface area (Å²) in [5.74, 6) is -0.0355. The fraction of sp³-hybridized carbons (Fsp3) is 0.667. The Labute approximate surface area is 107 Å². The van der Waals surface area contributed by atoms with Gasteiger partial charge in [-0.1, -0.05) is 0 Å². The molecule has 0 fully saturated rings. The number of aromatic nitrogens is 2. The van der Waals surface area contributed by atoms with E-state index in [4.69, 9.17) is 15.2 Å². The zero-order valence-corrected chi connectivity index (χ0v) is 11.6. The SMILES string of the molecule is CCOC(=O)c1nn(C(C)(C)C)c(N)c1COC. The topological polar surface area (TPSA) is 79.4 Å². The van der Waals surface area contributed by atoms with E-state index in [-0.39, 0.29) is 17.8 Å². The van der Waals surface area contributed by atoms with E-state index in [1.54, 1.807) is 18.7 Å². The van der Waals surface area contributed by atoms with Crippen molar-refractivity contribution in [1.82, 2.24) is 9.78 Å². The molecule has 0 aliphatic carbocycles. The van der Waals surface area contributed by atoms with Gasteiger partial charge in [-0.25, -0.2) is 9.48 Å². The third-order valence-electron chi connectivity index (χ3n) is 2.42. The van der Waals surface area contributed by atoms with Crippen molar-refractivity contribution in [2.75, 3.05) is 19.5 Å². The molecule has 1 aromatic rings. The van der Waals surface area contributed by atoms with Crippen molar-refractivity contribution in [3.63, 3.8) is 0 Å². The van der Waals surface area contributed by atoms with Crippen LogP contribution in [-0.2, 0) is 21.6 Å². The zero-order valence-electron chi connectivity index (χ0n) is 11.6. The van der Waals surface area contributed by atoms with Gasteiger partial charge >= 0.3 is 5.97 Å². The molecule has 0 bridgehead atoms. The summed E-state index contributed by atoms with van der Waals surface area (Å²) < 4.78 is 11.7. The summed E-state index contributed by atoms with van der Waals surface area (Å²) >= 11 is 0. The molecule has 0 saturated heterocycles. The molecule has 2 N–H and O–H groups in total. The average molecular weight is 255 g/mol. The summed E-state index contributed by atoms with van der Waals surface area (Å²) in [5, 5.41) is 4.26. The molecule has 0 aliphatic rings. The Morgan fingerprint density at radius 2 is 2.06 bits per heavy atom. The first-order valence-corrected chi connectivity index (χ1v) is 5.86. The van der Waals surface area contributed by atoms with Gasteiger partial charge in [0.2, 0.25) is 0 Å². The van der Waals surface area contributed by atoms with Gasteiger partial charge in [-0.15, -0.1) is 0 Å². The maximum absolute atomic E-state index is 11.8. The van der Waals surface area contributed by atoms with Crippen LogP contribution < -0.4 is 5.73 Å². The van der Waals surface area contributed by atoms with Crippen molar-refractivity contribution in [2.45, 2.75) is 39.8 Å². The number of esters is 1. The van der Waals surface area contributed by atoms with E-state index in [1.165, 1.54) is 0 Å². The Bertz CT molecular complexity index is 433. The summed E-state index contributed by atoms with van der Waals surface area (Å²) in [4.78, 5) is 11.8. The van der Waals surface area contributed by atoms with E-state index >= 15 is 0 Å². The van der Waals surface area contributed by atoms with E-state index in [1.807, 2.05) is 20.8 Å². The quantitative estimate of drug-likeness (QED) is 0.826. The maximum atomic E-state index is 11.8. The lowest BCUT2D eigenvalue weighted by atomic mass is 10.1. The summed E-state index contributed by atoms with van der Waals surface area (Å²) in [7, 11) is 1.54. The van der Waals surface area contributed by atoms with Crippen LogP contribution in [0.15, 0.2) is 0 Å². The van der Waals surface area contributed by atoms with Crippen molar-refractivity contribution in [3.05, 3.63) is 11.3 Å². The summed E-state index contributed by atoms with van der Waals surface area (Å²) in [6.07, 6.45) is 0. The van der Waals surface area contributed by atoms with E-state index in [9.17, 15) is 4.79 Å². The molecule has 0 amide bonds. The van der Waals surface area contributed by atoms with Gasteiger partial charge in [-0.2, -0.15) is 5.10 Å². The van der Waals surface area contributed by atoms with E-state index in [0.717, 1.165) is 0 Å². The summed E-state index contributed by atoms with van der Waals surface area (Å²) in [6, 6.07) is 0. The Morgan fingerprint density at radius 3 is 2.50 bits per heavy atom. The number of rotatable bonds is 4. The van der Waals surface area contributed by atoms with Gasteiger partial charge in [-0.05, 0) is 27.7 Å². The average Bonchev–Trinajstić information content (AvgIpc) is 2.57. The Hall–Kier alpha value is -1.56. The van der Waals surface area contributed by atoms with Gasteiger partial charge in [0, 0.05) is 7.11 Å².